The van der Waals surface area contributed by atoms with Crippen molar-refractivity contribution in [1.29, 1.82) is 0 Å². The largest absolute Gasteiger partial charge is 0.496 e. The first-order valence-electron chi connectivity index (χ1n) is 6.09. The predicted octanol–water partition coefficient (Wildman–Crippen LogP) is 3.28. The summed E-state index contributed by atoms with van der Waals surface area (Å²) < 4.78 is 10.5. The maximum Gasteiger partial charge on any atom is 0.139 e. The van der Waals surface area contributed by atoms with E-state index in [2.05, 4.69) is 0 Å². The third kappa shape index (κ3) is 5.07. The summed E-state index contributed by atoms with van der Waals surface area (Å²) in [5, 5.41) is 0.612. The van der Waals surface area contributed by atoms with Crippen LogP contribution in [0.15, 0.2) is 18.2 Å². The van der Waals surface area contributed by atoms with Gasteiger partial charge in [-0.05, 0) is 24.6 Å². The van der Waals surface area contributed by atoms with Gasteiger partial charge in [0.05, 0.1) is 13.7 Å². The molecule has 0 saturated heterocycles. The normalized spacial score (nSPS) is 10.4. The van der Waals surface area contributed by atoms with Crippen LogP contribution in [0.1, 0.15) is 25.3 Å². The second-order valence-corrected chi connectivity index (χ2v) is 4.47. The first kappa shape index (κ1) is 15.0. The van der Waals surface area contributed by atoms with Crippen LogP contribution in [0.2, 0.25) is 5.02 Å². The smallest absolute Gasteiger partial charge is 0.139 e. The summed E-state index contributed by atoms with van der Waals surface area (Å²) in [5.74, 6) is 0.828. The minimum atomic E-state index is 0.131. The van der Waals surface area contributed by atoms with E-state index < -0.39 is 0 Å². The van der Waals surface area contributed by atoms with Gasteiger partial charge in [0.1, 0.15) is 11.5 Å². The number of halogens is 1. The van der Waals surface area contributed by atoms with Gasteiger partial charge in [-0.1, -0.05) is 18.5 Å². The Balaban J connectivity index is 2.50. The minimum absolute atomic E-state index is 0.131. The highest BCUT2D eigenvalue weighted by atomic mass is 35.5. The van der Waals surface area contributed by atoms with Gasteiger partial charge >= 0.3 is 0 Å². The van der Waals surface area contributed by atoms with E-state index in [1.54, 1.807) is 25.3 Å². The van der Waals surface area contributed by atoms with E-state index in [1.807, 2.05) is 6.92 Å². The molecule has 0 amide bonds. The number of carbonyl (C=O) groups excluding carboxylic acids is 1. The molecule has 18 heavy (non-hydrogen) atoms. The van der Waals surface area contributed by atoms with Crippen molar-refractivity contribution in [2.75, 3.05) is 20.3 Å². The third-order valence-electron chi connectivity index (χ3n) is 2.50. The lowest BCUT2D eigenvalue weighted by Crippen LogP contribution is -2.08. The molecule has 0 radical (unpaired) electrons. The molecule has 0 aliphatic carbocycles. The van der Waals surface area contributed by atoms with Gasteiger partial charge in [-0.15, -0.1) is 0 Å². The Morgan fingerprint density at radius 3 is 2.78 bits per heavy atom. The zero-order chi connectivity index (χ0) is 13.4. The fraction of sp³-hybridized carbons (Fsp3) is 0.500. The molecular formula is C14H19ClO3. The van der Waals surface area contributed by atoms with Crippen LogP contribution >= 0.6 is 11.6 Å². The van der Waals surface area contributed by atoms with Crippen LogP contribution < -0.4 is 4.74 Å². The van der Waals surface area contributed by atoms with Gasteiger partial charge < -0.3 is 9.47 Å². The zero-order valence-electron chi connectivity index (χ0n) is 10.9. The van der Waals surface area contributed by atoms with Crippen molar-refractivity contribution >= 4 is 17.4 Å². The highest BCUT2D eigenvalue weighted by Crippen LogP contribution is 2.23. The molecule has 0 atom stereocenters. The van der Waals surface area contributed by atoms with E-state index in [9.17, 15) is 4.79 Å². The van der Waals surface area contributed by atoms with E-state index in [0.29, 0.717) is 36.8 Å². The highest BCUT2D eigenvalue weighted by Gasteiger charge is 2.09. The molecule has 0 aliphatic rings. The number of hydrogen-bond donors (Lipinski definition) is 0. The number of rotatable bonds is 8. The van der Waals surface area contributed by atoms with Crippen molar-refractivity contribution in [2.24, 2.45) is 0 Å². The van der Waals surface area contributed by atoms with E-state index in [-0.39, 0.29) is 5.78 Å². The molecule has 0 bridgehead atoms. The standard InChI is InChI=1S/C14H19ClO3/c1-3-7-18-8-6-13(16)10-11-9-12(15)4-5-14(11)17-2/h4-5,9H,3,6-8,10H2,1-2H3. The maximum atomic E-state index is 11.8. The summed E-state index contributed by atoms with van der Waals surface area (Å²) >= 11 is 5.91. The van der Waals surface area contributed by atoms with E-state index in [4.69, 9.17) is 21.1 Å². The molecule has 4 heteroatoms. The first-order valence-corrected chi connectivity index (χ1v) is 6.47. The second-order valence-electron chi connectivity index (χ2n) is 4.03. The van der Waals surface area contributed by atoms with Gasteiger partial charge in [-0.2, -0.15) is 0 Å². The van der Waals surface area contributed by atoms with E-state index in [0.717, 1.165) is 12.0 Å². The molecule has 0 aromatic heterocycles. The molecule has 0 unspecified atom stereocenters. The molecule has 0 heterocycles. The van der Waals surface area contributed by atoms with Gasteiger partial charge in [0.2, 0.25) is 0 Å². The summed E-state index contributed by atoms with van der Waals surface area (Å²) in [6.07, 6.45) is 1.73. The molecule has 1 aromatic rings. The number of ether oxygens (including phenoxy) is 2. The topological polar surface area (TPSA) is 35.5 Å². The van der Waals surface area contributed by atoms with E-state index in [1.165, 1.54) is 0 Å². The van der Waals surface area contributed by atoms with Gasteiger partial charge in [0, 0.05) is 30.0 Å². The summed E-state index contributed by atoms with van der Waals surface area (Å²) in [5.41, 5.74) is 0.825. The van der Waals surface area contributed by atoms with Crippen molar-refractivity contribution in [3.63, 3.8) is 0 Å². The molecule has 0 aliphatic heterocycles. The Hall–Kier alpha value is -1.06. The van der Waals surface area contributed by atoms with Crippen molar-refractivity contribution in [1.82, 2.24) is 0 Å². The lowest BCUT2D eigenvalue weighted by atomic mass is 10.1. The van der Waals surface area contributed by atoms with Gasteiger partial charge in [0.25, 0.3) is 0 Å². The molecule has 1 aromatic carbocycles. The van der Waals surface area contributed by atoms with Crippen LogP contribution in [0.25, 0.3) is 0 Å². The Morgan fingerprint density at radius 2 is 2.11 bits per heavy atom. The lowest BCUT2D eigenvalue weighted by molar-refractivity contribution is -0.119. The fourth-order valence-electron chi connectivity index (χ4n) is 1.62. The molecule has 0 spiro atoms. The highest BCUT2D eigenvalue weighted by molar-refractivity contribution is 6.30. The van der Waals surface area contributed by atoms with Crippen LogP contribution in [0, 0.1) is 0 Å². The van der Waals surface area contributed by atoms with Crippen LogP contribution in [-0.2, 0) is 16.0 Å². The Bertz CT molecular complexity index is 391. The molecule has 0 saturated carbocycles. The summed E-state index contributed by atoms with van der Waals surface area (Å²) in [6, 6.07) is 5.29. The maximum absolute atomic E-state index is 11.8. The lowest BCUT2D eigenvalue weighted by Gasteiger charge is -2.08. The third-order valence-corrected chi connectivity index (χ3v) is 2.74. The zero-order valence-corrected chi connectivity index (χ0v) is 11.6. The molecule has 0 fully saturated rings. The quantitative estimate of drug-likeness (QED) is 0.680. The van der Waals surface area contributed by atoms with Gasteiger partial charge in [0.15, 0.2) is 0 Å². The number of ketones is 1. The van der Waals surface area contributed by atoms with E-state index >= 15 is 0 Å². The van der Waals surface area contributed by atoms with Crippen molar-refractivity contribution in [3.05, 3.63) is 28.8 Å². The first-order chi connectivity index (χ1) is 8.67. The molecule has 1 rings (SSSR count). The van der Waals surface area contributed by atoms with Crippen LogP contribution in [0.5, 0.6) is 5.75 Å². The molecule has 100 valence electrons. The summed E-state index contributed by atoms with van der Waals surface area (Å²) in [6.45, 7) is 3.22. The molecule has 3 nitrogen and oxygen atoms in total. The average Bonchev–Trinajstić information content (AvgIpc) is 2.35. The van der Waals surface area contributed by atoms with Crippen LogP contribution in [-0.4, -0.2) is 26.1 Å². The monoisotopic (exact) mass is 270 g/mol. The number of Topliss-reactive ketones (excluding diaryl/α,β-unsaturated/α-hetero) is 1. The second kappa shape index (κ2) is 8.11. The molecular weight excluding hydrogens is 252 g/mol. The summed E-state index contributed by atoms with van der Waals surface area (Å²) in [7, 11) is 1.58. The number of methoxy groups -OCH3 is 1. The van der Waals surface area contributed by atoms with Crippen LogP contribution in [0.4, 0.5) is 0 Å². The Labute approximate surface area is 113 Å². The predicted molar refractivity (Wildman–Crippen MR) is 72.4 cm³/mol. The molecule has 0 N–H and O–H groups in total. The Morgan fingerprint density at radius 1 is 1.33 bits per heavy atom. The summed E-state index contributed by atoms with van der Waals surface area (Å²) in [4.78, 5) is 11.8. The van der Waals surface area contributed by atoms with Crippen molar-refractivity contribution in [2.45, 2.75) is 26.2 Å². The van der Waals surface area contributed by atoms with Gasteiger partial charge in [-0.3, -0.25) is 4.79 Å². The number of carbonyl (C=O) groups is 1. The average molecular weight is 271 g/mol. The van der Waals surface area contributed by atoms with Gasteiger partial charge in [-0.25, -0.2) is 0 Å². The Kier molecular flexibility index (Phi) is 6.76. The fourth-order valence-corrected chi connectivity index (χ4v) is 1.81. The van der Waals surface area contributed by atoms with Crippen molar-refractivity contribution in [3.8, 4) is 5.75 Å². The van der Waals surface area contributed by atoms with Crippen molar-refractivity contribution < 1.29 is 14.3 Å². The number of hydrogen-bond acceptors (Lipinski definition) is 3. The number of benzene rings is 1. The minimum Gasteiger partial charge on any atom is -0.496 e. The van der Waals surface area contributed by atoms with Crippen LogP contribution in [0.3, 0.4) is 0 Å². The SMILES string of the molecule is CCCOCCC(=O)Cc1cc(Cl)ccc1OC.